The molecule has 0 saturated carbocycles. The minimum Gasteiger partial charge on any atom is -0.377 e. The molecule has 0 amide bonds. The Morgan fingerprint density at radius 3 is 2.22 bits per heavy atom. The minimum absolute atomic E-state index is 0.225. The molecule has 0 spiro atoms. The van der Waals surface area contributed by atoms with E-state index in [9.17, 15) is 0 Å². The highest BCUT2D eigenvalue weighted by atomic mass is 79.9. The van der Waals surface area contributed by atoms with Gasteiger partial charge in [0.1, 0.15) is 0 Å². The second kappa shape index (κ2) is 5.85. The first-order chi connectivity index (χ1) is 8.58. The lowest BCUT2D eigenvalue weighted by atomic mass is 10.1. The van der Waals surface area contributed by atoms with Gasteiger partial charge in [0, 0.05) is 27.4 Å². The lowest BCUT2D eigenvalue weighted by Gasteiger charge is -2.18. The molecule has 1 atom stereocenters. The van der Waals surface area contributed by atoms with E-state index in [-0.39, 0.29) is 6.04 Å². The number of anilines is 1. The summed E-state index contributed by atoms with van der Waals surface area (Å²) in [6, 6.07) is 8.48. The van der Waals surface area contributed by atoms with Crippen molar-refractivity contribution in [1.29, 1.82) is 0 Å². The summed E-state index contributed by atoms with van der Waals surface area (Å²) in [5.41, 5.74) is 3.50. The summed E-state index contributed by atoms with van der Waals surface area (Å²) in [6.45, 7) is 4.21. The van der Waals surface area contributed by atoms with Gasteiger partial charge < -0.3 is 5.32 Å². The van der Waals surface area contributed by atoms with Crippen LogP contribution >= 0.6 is 31.9 Å². The standard InChI is InChI=1S/C14H14Br2N2/c1-9-7-12(15)14(13(16)8-9)18-10(2)11-3-5-17-6-4-11/h3-8,10,18H,1-2H3. The van der Waals surface area contributed by atoms with Crippen LogP contribution in [0.15, 0.2) is 45.6 Å². The molecule has 0 bridgehead atoms. The first-order valence-corrected chi connectivity index (χ1v) is 7.28. The first-order valence-electron chi connectivity index (χ1n) is 5.70. The van der Waals surface area contributed by atoms with E-state index in [1.807, 2.05) is 24.5 Å². The van der Waals surface area contributed by atoms with E-state index < -0.39 is 0 Å². The van der Waals surface area contributed by atoms with Gasteiger partial charge in [0.2, 0.25) is 0 Å². The molecule has 0 aliphatic carbocycles. The van der Waals surface area contributed by atoms with Crippen LogP contribution < -0.4 is 5.32 Å². The third-order valence-corrected chi connectivity index (χ3v) is 4.00. The maximum Gasteiger partial charge on any atom is 0.0633 e. The zero-order valence-corrected chi connectivity index (χ0v) is 13.4. The number of aryl methyl sites for hydroxylation is 1. The van der Waals surface area contributed by atoms with E-state index in [0.717, 1.165) is 14.6 Å². The smallest absolute Gasteiger partial charge is 0.0633 e. The van der Waals surface area contributed by atoms with Crippen molar-refractivity contribution in [2.45, 2.75) is 19.9 Å². The summed E-state index contributed by atoms with van der Waals surface area (Å²) in [5.74, 6) is 0. The molecule has 2 rings (SSSR count). The fraction of sp³-hybridized carbons (Fsp3) is 0.214. The van der Waals surface area contributed by atoms with Gasteiger partial charge >= 0.3 is 0 Å². The van der Waals surface area contributed by atoms with Crippen LogP contribution in [0.25, 0.3) is 0 Å². The molecule has 2 aromatic rings. The van der Waals surface area contributed by atoms with Gasteiger partial charge in [-0.05, 0) is 81.1 Å². The predicted molar refractivity (Wildman–Crippen MR) is 82.9 cm³/mol. The number of hydrogen-bond acceptors (Lipinski definition) is 2. The van der Waals surface area contributed by atoms with Crippen molar-refractivity contribution in [1.82, 2.24) is 4.98 Å². The number of benzene rings is 1. The Morgan fingerprint density at radius 1 is 1.11 bits per heavy atom. The average Bonchev–Trinajstić information content (AvgIpc) is 2.34. The van der Waals surface area contributed by atoms with Crippen LogP contribution in [0.4, 0.5) is 5.69 Å². The van der Waals surface area contributed by atoms with Crippen molar-refractivity contribution >= 4 is 37.5 Å². The van der Waals surface area contributed by atoms with Gasteiger partial charge in [0.05, 0.1) is 5.69 Å². The van der Waals surface area contributed by atoms with Crippen molar-refractivity contribution in [2.24, 2.45) is 0 Å². The molecule has 1 unspecified atom stereocenters. The van der Waals surface area contributed by atoms with Gasteiger partial charge in [0.15, 0.2) is 0 Å². The summed E-state index contributed by atoms with van der Waals surface area (Å²) in [7, 11) is 0. The summed E-state index contributed by atoms with van der Waals surface area (Å²) in [4.78, 5) is 4.04. The Balaban J connectivity index is 2.25. The van der Waals surface area contributed by atoms with Gasteiger partial charge in [-0.3, -0.25) is 4.98 Å². The van der Waals surface area contributed by atoms with Gasteiger partial charge in [-0.1, -0.05) is 0 Å². The predicted octanol–water partition coefficient (Wildman–Crippen LogP) is 5.09. The molecular formula is C14H14Br2N2. The molecule has 1 heterocycles. The van der Waals surface area contributed by atoms with Gasteiger partial charge in [0.25, 0.3) is 0 Å². The monoisotopic (exact) mass is 368 g/mol. The second-order valence-corrected chi connectivity index (χ2v) is 5.96. The Labute approximate surface area is 124 Å². The highest BCUT2D eigenvalue weighted by Crippen LogP contribution is 2.34. The third-order valence-electron chi connectivity index (χ3n) is 2.75. The number of nitrogens with zero attached hydrogens (tertiary/aromatic N) is 1. The molecule has 2 nitrogen and oxygen atoms in total. The third kappa shape index (κ3) is 3.12. The maximum absolute atomic E-state index is 4.04. The van der Waals surface area contributed by atoms with Crippen LogP contribution in [0.2, 0.25) is 0 Å². The quantitative estimate of drug-likeness (QED) is 0.815. The molecule has 1 N–H and O–H groups in total. The Bertz CT molecular complexity index is 518. The highest BCUT2D eigenvalue weighted by molar-refractivity contribution is 9.11. The maximum atomic E-state index is 4.04. The summed E-state index contributed by atoms with van der Waals surface area (Å²) in [5, 5.41) is 3.50. The number of pyridine rings is 1. The summed E-state index contributed by atoms with van der Waals surface area (Å²) >= 11 is 7.19. The Kier molecular flexibility index (Phi) is 4.40. The van der Waals surface area contributed by atoms with Crippen LogP contribution in [0.5, 0.6) is 0 Å². The van der Waals surface area contributed by atoms with Crippen LogP contribution in [0.1, 0.15) is 24.1 Å². The van der Waals surface area contributed by atoms with E-state index in [0.29, 0.717) is 0 Å². The second-order valence-electron chi connectivity index (χ2n) is 4.25. The molecule has 0 aliphatic heterocycles. The average molecular weight is 370 g/mol. The number of hydrogen-bond donors (Lipinski definition) is 1. The molecule has 18 heavy (non-hydrogen) atoms. The number of aromatic nitrogens is 1. The van der Waals surface area contributed by atoms with Crippen molar-refractivity contribution in [3.63, 3.8) is 0 Å². The van der Waals surface area contributed by atoms with Crippen molar-refractivity contribution < 1.29 is 0 Å². The normalized spacial score (nSPS) is 12.2. The lowest BCUT2D eigenvalue weighted by molar-refractivity contribution is 0.878. The van der Waals surface area contributed by atoms with Crippen molar-refractivity contribution in [2.75, 3.05) is 5.32 Å². The van der Waals surface area contributed by atoms with Crippen LogP contribution in [0.3, 0.4) is 0 Å². The highest BCUT2D eigenvalue weighted by Gasteiger charge is 2.10. The first kappa shape index (κ1) is 13.6. The van der Waals surface area contributed by atoms with Crippen LogP contribution in [0, 0.1) is 6.92 Å². The van der Waals surface area contributed by atoms with E-state index in [4.69, 9.17) is 0 Å². The molecular weight excluding hydrogens is 356 g/mol. The lowest BCUT2D eigenvalue weighted by Crippen LogP contribution is -2.07. The minimum atomic E-state index is 0.225. The molecule has 1 aromatic heterocycles. The van der Waals surface area contributed by atoms with E-state index in [1.165, 1.54) is 11.1 Å². The van der Waals surface area contributed by atoms with E-state index in [2.05, 4.69) is 68.1 Å². The van der Waals surface area contributed by atoms with Gasteiger partial charge in [-0.15, -0.1) is 0 Å². The fourth-order valence-electron chi connectivity index (χ4n) is 1.79. The number of nitrogens with one attached hydrogen (secondary N) is 1. The van der Waals surface area contributed by atoms with Crippen molar-refractivity contribution in [3.05, 3.63) is 56.7 Å². The summed E-state index contributed by atoms with van der Waals surface area (Å²) < 4.78 is 2.13. The zero-order valence-electron chi connectivity index (χ0n) is 10.2. The fourth-order valence-corrected chi connectivity index (χ4v) is 3.43. The SMILES string of the molecule is Cc1cc(Br)c(NC(C)c2ccncc2)c(Br)c1. The molecule has 0 saturated heterocycles. The number of halogens is 2. The van der Waals surface area contributed by atoms with Crippen LogP contribution in [-0.2, 0) is 0 Å². The van der Waals surface area contributed by atoms with Gasteiger partial charge in [-0.2, -0.15) is 0 Å². The molecule has 0 radical (unpaired) electrons. The zero-order chi connectivity index (χ0) is 13.1. The Morgan fingerprint density at radius 2 is 1.67 bits per heavy atom. The topological polar surface area (TPSA) is 24.9 Å². The van der Waals surface area contributed by atoms with Crippen molar-refractivity contribution in [3.8, 4) is 0 Å². The number of rotatable bonds is 3. The largest absolute Gasteiger partial charge is 0.377 e. The van der Waals surface area contributed by atoms with Gasteiger partial charge in [-0.25, -0.2) is 0 Å². The summed E-state index contributed by atoms with van der Waals surface area (Å²) in [6.07, 6.45) is 3.62. The molecule has 94 valence electrons. The van der Waals surface area contributed by atoms with Crippen LogP contribution in [-0.4, -0.2) is 4.98 Å². The van der Waals surface area contributed by atoms with E-state index in [1.54, 1.807) is 0 Å². The van der Waals surface area contributed by atoms with E-state index >= 15 is 0 Å². The Hall–Kier alpha value is -0.870. The molecule has 0 aliphatic rings. The molecule has 1 aromatic carbocycles. The molecule has 4 heteroatoms. The molecule has 0 fully saturated rings.